The molecule has 0 aliphatic heterocycles. The minimum atomic E-state index is -1.25. The van der Waals surface area contributed by atoms with E-state index in [1.165, 1.54) is 19.5 Å². The molecule has 41 heavy (non-hydrogen) atoms. The highest BCUT2D eigenvalue weighted by molar-refractivity contribution is 6.32. The summed E-state index contributed by atoms with van der Waals surface area (Å²) in [6.45, 7) is 4.19. The van der Waals surface area contributed by atoms with E-state index >= 15 is 0 Å². The molecule has 2 aromatic carbocycles. The molecular formula is C30H33ClN6O4. The second kappa shape index (κ2) is 12.9. The smallest absolute Gasteiger partial charge is 0.248 e. The molecule has 4 rings (SSSR count). The zero-order valence-electron chi connectivity index (χ0n) is 23.6. The van der Waals surface area contributed by atoms with Crippen LogP contribution in [0.25, 0.3) is 10.9 Å². The summed E-state index contributed by atoms with van der Waals surface area (Å²) < 4.78 is 11.4. The first kappa shape index (κ1) is 29.7. The number of amides is 1. The van der Waals surface area contributed by atoms with Crippen LogP contribution in [0.4, 0.5) is 17.2 Å². The van der Waals surface area contributed by atoms with Gasteiger partial charge < -0.3 is 30.1 Å². The molecule has 10 nitrogen and oxygen atoms in total. The maximum Gasteiger partial charge on any atom is 0.248 e. The minimum absolute atomic E-state index is 0.218. The summed E-state index contributed by atoms with van der Waals surface area (Å²) in [5.74, 6) is 1.00. The van der Waals surface area contributed by atoms with Crippen molar-refractivity contribution >= 4 is 45.6 Å². The van der Waals surface area contributed by atoms with E-state index in [2.05, 4.69) is 25.6 Å². The van der Waals surface area contributed by atoms with E-state index in [0.717, 1.165) is 5.69 Å². The normalized spacial score (nSPS) is 11.7. The van der Waals surface area contributed by atoms with Crippen molar-refractivity contribution in [2.24, 2.45) is 0 Å². The number of aliphatic hydroxyl groups is 1. The van der Waals surface area contributed by atoms with Crippen LogP contribution in [0.1, 0.15) is 25.1 Å². The minimum Gasteiger partial charge on any atom is -0.494 e. The van der Waals surface area contributed by atoms with Gasteiger partial charge >= 0.3 is 0 Å². The van der Waals surface area contributed by atoms with Gasteiger partial charge in [-0.1, -0.05) is 23.7 Å². The first-order valence-corrected chi connectivity index (χ1v) is 13.2. The maximum atomic E-state index is 12.6. The molecule has 0 fully saturated rings. The van der Waals surface area contributed by atoms with Gasteiger partial charge in [0.05, 0.1) is 34.6 Å². The number of hydrogen-bond acceptors (Lipinski definition) is 9. The van der Waals surface area contributed by atoms with Gasteiger partial charge in [-0.05, 0) is 58.3 Å². The van der Waals surface area contributed by atoms with Crippen molar-refractivity contribution in [2.75, 3.05) is 38.4 Å². The van der Waals surface area contributed by atoms with Crippen LogP contribution in [0.3, 0.4) is 0 Å². The van der Waals surface area contributed by atoms with Crippen LogP contribution in [0.2, 0.25) is 5.02 Å². The summed E-state index contributed by atoms with van der Waals surface area (Å²) in [4.78, 5) is 27.6. The second-order valence-electron chi connectivity index (χ2n) is 10.1. The van der Waals surface area contributed by atoms with E-state index in [4.69, 9.17) is 21.1 Å². The van der Waals surface area contributed by atoms with Crippen molar-refractivity contribution in [3.05, 3.63) is 83.4 Å². The lowest BCUT2D eigenvalue weighted by Crippen LogP contribution is -2.18. The number of nitrogens with zero attached hydrogens (tertiary/aromatic N) is 4. The molecule has 0 aliphatic rings. The molecule has 214 valence electrons. The molecule has 4 aromatic rings. The van der Waals surface area contributed by atoms with Gasteiger partial charge in [0, 0.05) is 41.5 Å². The van der Waals surface area contributed by atoms with Crippen molar-refractivity contribution in [1.82, 2.24) is 19.9 Å². The van der Waals surface area contributed by atoms with Crippen LogP contribution in [0.15, 0.2) is 67.1 Å². The van der Waals surface area contributed by atoms with Crippen LogP contribution in [0, 0.1) is 0 Å². The number of likely N-dealkylation sites (N-methyl/N-ethyl adjacent to an activating group) is 1. The largest absolute Gasteiger partial charge is 0.494 e. The van der Waals surface area contributed by atoms with Gasteiger partial charge in [0.15, 0.2) is 0 Å². The third-order valence-corrected chi connectivity index (χ3v) is 6.34. The van der Waals surface area contributed by atoms with Crippen LogP contribution in [0.5, 0.6) is 11.5 Å². The number of nitrogens with one attached hydrogen (secondary N) is 2. The van der Waals surface area contributed by atoms with Crippen LogP contribution >= 0.6 is 11.6 Å². The summed E-state index contributed by atoms with van der Waals surface area (Å²) in [5, 5.41) is 18.1. The molecule has 2 heterocycles. The van der Waals surface area contributed by atoms with E-state index < -0.39 is 5.60 Å². The summed E-state index contributed by atoms with van der Waals surface area (Å²) in [7, 11) is 5.36. The Hall–Kier alpha value is -4.25. The van der Waals surface area contributed by atoms with Crippen molar-refractivity contribution < 1.29 is 19.4 Å². The second-order valence-corrected chi connectivity index (χ2v) is 10.5. The first-order valence-electron chi connectivity index (χ1n) is 12.9. The Kier molecular flexibility index (Phi) is 9.38. The zero-order valence-corrected chi connectivity index (χ0v) is 24.4. The lowest BCUT2D eigenvalue weighted by Gasteiger charge is -2.24. The fraction of sp³-hybridized carbons (Fsp3) is 0.267. The molecule has 0 atom stereocenters. The molecule has 0 aliphatic carbocycles. The van der Waals surface area contributed by atoms with Crippen molar-refractivity contribution in [3.8, 4) is 11.5 Å². The molecule has 0 spiro atoms. The van der Waals surface area contributed by atoms with E-state index in [9.17, 15) is 9.90 Å². The standard InChI is InChI=1S/C30H33ClN6O4/c1-30(2,39)21-14-26(41-17-19-9-6-7-11-32-19)22(31)15-24(21)36-29-20-13-25(35-28(38)10-8-12-37(3)4)27(40-5)16-23(20)33-18-34-29/h6-11,13-16,18,39H,12,17H2,1-5H3,(H,35,38)(H,33,34,36)/b10-8+. The summed E-state index contributed by atoms with van der Waals surface area (Å²) in [6, 6.07) is 12.4. The van der Waals surface area contributed by atoms with E-state index in [1.807, 2.05) is 37.2 Å². The van der Waals surface area contributed by atoms with Gasteiger partial charge in [-0.25, -0.2) is 9.97 Å². The fourth-order valence-corrected chi connectivity index (χ4v) is 4.25. The number of pyridine rings is 1. The lowest BCUT2D eigenvalue weighted by molar-refractivity contribution is -0.111. The number of anilines is 3. The first-order chi connectivity index (χ1) is 19.5. The van der Waals surface area contributed by atoms with Gasteiger partial charge in [0.25, 0.3) is 0 Å². The van der Waals surface area contributed by atoms with Gasteiger partial charge in [0.1, 0.15) is 30.3 Å². The molecule has 0 saturated heterocycles. The predicted molar refractivity (Wildman–Crippen MR) is 161 cm³/mol. The van der Waals surface area contributed by atoms with Crippen molar-refractivity contribution in [2.45, 2.75) is 26.1 Å². The van der Waals surface area contributed by atoms with E-state index in [1.54, 1.807) is 50.4 Å². The molecule has 1 amide bonds. The quantitative estimate of drug-likeness (QED) is 0.204. The number of hydrogen-bond donors (Lipinski definition) is 3. The van der Waals surface area contributed by atoms with Gasteiger partial charge in [-0.2, -0.15) is 0 Å². The number of ether oxygens (including phenoxy) is 2. The Morgan fingerprint density at radius 3 is 2.59 bits per heavy atom. The molecular weight excluding hydrogens is 544 g/mol. The number of fused-ring (bicyclic) bond motifs is 1. The summed E-state index contributed by atoms with van der Waals surface area (Å²) >= 11 is 6.61. The monoisotopic (exact) mass is 576 g/mol. The third-order valence-electron chi connectivity index (χ3n) is 6.04. The average Bonchev–Trinajstić information content (AvgIpc) is 2.92. The van der Waals surface area contributed by atoms with Crippen molar-refractivity contribution in [3.63, 3.8) is 0 Å². The van der Waals surface area contributed by atoms with E-state index in [0.29, 0.717) is 56.7 Å². The van der Waals surface area contributed by atoms with Crippen LogP contribution in [-0.4, -0.2) is 58.6 Å². The van der Waals surface area contributed by atoms with E-state index in [-0.39, 0.29) is 12.5 Å². The number of halogens is 1. The molecule has 0 unspecified atom stereocenters. The van der Waals surface area contributed by atoms with Crippen LogP contribution in [-0.2, 0) is 17.0 Å². The highest BCUT2D eigenvalue weighted by Crippen LogP contribution is 2.40. The zero-order chi connectivity index (χ0) is 29.6. The average molecular weight is 577 g/mol. The lowest BCUT2D eigenvalue weighted by atomic mass is 9.96. The topological polar surface area (TPSA) is 122 Å². The number of aromatic nitrogens is 3. The Morgan fingerprint density at radius 2 is 1.90 bits per heavy atom. The molecule has 2 aromatic heterocycles. The summed E-state index contributed by atoms with van der Waals surface area (Å²) in [5.41, 5.74) is 1.61. The molecule has 0 radical (unpaired) electrons. The number of carbonyl (C=O) groups is 1. The Bertz CT molecular complexity index is 1550. The van der Waals surface area contributed by atoms with Gasteiger partial charge in [0.2, 0.25) is 5.91 Å². The number of benzene rings is 2. The Balaban J connectivity index is 1.68. The number of rotatable bonds is 11. The molecule has 3 N–H and O–H groups in total. The molecule has 11 heteroatoms. The third kappa shape index (κ3) is 7.69. The van der Waals surface area contributed by atoms with Crippen molar-refractivity contribution in [1.29, 1.82) is 0 Å². The molecule has 0 bridgehead atoms. The maximum absolute atomic E-state index is 12.6. The van der Waals surface area contributed by atoms with Gasteiger partial charge in [-0.3, -0.25) is 9.78 Å². The summed E-state index contributed by atoms with van der Waals surface area (Å²) in [6.07, 6.45) is 6.35. The highest BCUT2D eigenvalue weighted by Gasteiger charge is 2.24. The Morgan fingerprint density at radius 1 is 1.10 bits per heavy atom. The number of carbonyl (C=O) groups excluding carboxylic acids is 1. The van der Waals surface area contributed by atoms with Gasteiger partial charge in [-0.15, -0.1) is 0 Å². The number of methoxy groups -OCH3 is 1. The highest BCUT2D eigenvalue weighted by atomic mass is 35.5. The van der Waals surface area contributed by atoms with Crippen LogP contribution < -0.4 is 20.1 Å². The Labute approximate surface area is 244 Å². The molecule has 0 saturated carbocycles. The fourth-order valence-electron chi connectivity index (χ4n) is 4.03. The predicted octanol–water partition coefficient (Wildman–Crippen LogP) is 5.29. The SMILES string of the molecule is COc1cc2ncnc(Nc3cc(Cl)c(OCc4ccccn4)cc3C(C)(C)O)c2cc1NC(=O)/C=C/CN(C)C.